The number of nitrogens with zero attached hydrogens (tertiary/aromatic N) is 2. The first kappa shape index (κ1) is 16.8. The Morgan fingerprint density at radius 3 is 2.64 bits per heavy atom. The first-order valence-corrected chi connectivity index (χ1v) is 8.20. The third-order valence-corrected chi connectivity index (χ3v) is 3.76. The molecule has 0 radical (unpaired) electrons. The Morgan fingerprint density at radius 2 is 1.96 bits per heavy atom. The Morgan fingerprint density at radius 1 is 1.16 bits per heavy atom. The number of rotatable bonds is 6. The highest BCUT2D eigenvalue weighted by Gasteiger charge is 2.05. The third kappa shape index (κ3) is 4.94. The Labute approximate surface area is 147 Å². The summed E-state index contributed by atoms with van der Waals surface area (Å²) in [5.41, 5.74) is 2.96. The van der Waals surface area contributed by atoms with Gasteiger partial charge < -0.3 is 10.1 Å². The first-order valence-electron chi connectivity index (χ1n) is 8.20. The third-order valence-electron chi connectivity index (χ3n) is 3.76. The molecule has 0 saturated heterocycles. The number of carbonyl (C=O) groups excluding carboxylic acids is 1. The van der Waals surface area contributed by atoms with E-state index in [1.807, 2.05) is 68.7 Å². The molecule has 1 heterocycles. The summed E-state index contributed by atoms with van der Waals surface area (Å²) in [5.74, 6) is 1.52. The van der Waals surface area contributed by atoms with Gasteiger partial charge in [-0.25, -0.2) is 0 Å². The first-order chi connectivity index (χ1) is 12.1. The molecule has 2 aromatic carbocycles. The van der Waals surface area contributed by atoms with Crippen LogP contribution in [-0.4, -0.2) is 15.7 Å². The van der Waals surface area contributed by atoms with Crippen LogP contribution in [0, 0.1) is 6.92 Å². The number of aromatic nitrogens is 2. The lowest BCUT2D eigenvalue weighted by atomic mass is 10.2. The van der Waals surface area contributed by atoms with Crippen molar-refractivity contribution in [2.75, 3.05) is 5.32 Å². The van der Waals surface area contributed by atoms with Gasteiger partial charge in [0, 0.05) is 25.4 Å². The zero-order valence-corrected chi connectivity index (χ0v) is 14.4. The topological polar surface area (TPSA) is 56.1 Å². The van der Waals surface area contributed by atoms with Crippen LogP contribution in [0.25, 0.3) is 0 Å². The Hall–Kier alpha value is -3.08. The molecule has 0 spiro atoms. The Bertz CT molecular complexity index is 853. The van der Waals surface area contributed by atoms with E-state index in [0.29, 0.717) is 12.8 Å². The van der Waals surface area contributed by atoms with E-state index in [2.05, 4.69) is 10.4 Å². The van der Waals surface area contributed by atoms with Crippen molar-refractivity contribution in [2.45, 2.75) is 19.8 Å². The zero-order valence-electron chi connectivity index (χ0n) is 14.4. The van der Waals surface area contributed by atoms with Crippen LogP contribution in [0.15, 0.2) is 60.9 Å². The highest BCUT2D eigenvalue weighted by molar-refractivity contribution is 5.90. The Balaban J connectivity index is 1.52. The number of nitrogens with one attached hydrogen (secondary N) is 1. The van der Waals surface area contributed by atoms with Crippen LogP contribution in [0.2, 0.25) is 0 Å². The maximum atomic E-state index is 12.0. The fourth-order valence-corrected chi connectivity index (χ4v) is 2.50. The van der Waals surface area contributed by atoms with Gasteiger partial charge in [-0.1, -0.05) is 12.1 Å². The van der Waals surface area contributed by atoms with Gasteiger partial charge in [-0.3, -0.25) is 9.48 Å². The highest BCUT2D eigenvalue weighted by atomic mass is 16.5. The van der Waals surface area contributed by atoms with E-state index in [9.17, 15) is 4.79 Å². The average Bonchev–Trinajstić information content (AvgIpc) is 3.00. The number of carbonyl (C=O) groups is 1. The molecular weight excluding hydrogens is 314 g/mol. The second-order valence-electron chi connectivity index (χ2n) is 6.01. The number of ether oxygens (including phenoxy) is 1. The second-order valence-corrected chi connectivity index (χ2v) is 6.01. The molecule has 0 bridgehead atoms. The second kappa shape index (κ2) is 7.66. The smallest absolute Gasteiger partial charge is 0.224 e. The van der Waals surface area contributed by atoms with Gasteiger partial charge in [0.05, 0.1) is 6.20 Å². The molecule has 25 heavy (non-hydrogen) atoms. The van der Waals surface area contributed by atoms with Crippen LogP contribution in [0.3, 0.4) is 0 Å². The van der Waals surface area contributed by atoms with Gasteiger partial charge in [0.2, 0.25) is 5.91 Å². The molecule has 128 valence electrons. The number of hydrogen-bond donors (Lipinski definition) is 1. The minimum Gasteiger partial charge on any atom is -0.457 e. The lowest BCUT2D eigenvalue weighted by molar-refractivity contribution is -0.116. The summed E-state index contributed by atoms with van der Waals surface area (Å²) < 4.78 is 7.54. The van der Waals surface area contributed by atoms with Gasteiger partial charge in [-0.05, 0) is 60.9 Å². The van der Waals surface area contributed by atoms with E-state index in [4.69, 9.17) is 4.74 Å². The number of amides is 1. The normalized spacial score (nSPS) is 10.5. The molecule has 3 aromatic rings. The minimum absolute atomic E-state index is 0.0174. The monoisotopic (exact) mass is 335 g/mol. The summed E-state index contributed by atoms with van der Waals surface area (Å²) in [5, 5.41) is 7.00. The lowest BCUT2D eigenvalue weighted by Gasteiger charge is -2.08. The average molecular weight is 335 g/mol. The van der Waals surface area contributed by atoms with Crippen molar-refractivity contribution in [3.8, 4) is 11.5 Å². The molecule has 1 N–H and O–H groups in total. The van der Waals surface area contributed by atoms with E-state index < -0.39 is 0 Å². The molecule has 0 atom stereocenters. The molecule has 5 heteroatoms. The van der Waals surface area contributed by atoms with Crippen LogP contribution in [0.4, 0.5) is 5.69 Å². The van der Waals surface area contributed by atoms with Crippen molar-refractivity contribution in [1.82, 2.24) is 9.78 Å². The minimum atomic E-state index is -0.0174. The van der Waals surface area contributed by atoms with Crippen molar-refractivity contribution in [3.63, 3.8) is 0 Å². The highest BCUT2D eigenvalue weighted by Crippen LogP contribution is 2.23. The van der Waals surface area contributed by atoms with Crippen molar-refractivity contribution < 1.29 is 9.53 Å². The molecule has 1 aromatic heterocycles. The fraction of sp³-hybridized carbons (Fsp3) is 0.200. The molecule has 5 nitrogen and oxygen atoms in total. The molecule has 0 aliphatic heterocycles. The Kier molecular flexibility index (Phi) is 5.14. The number of benzene rings is 2. The fourth-order valence-electron chi connectivity index (χ4n) is 2.50. The molecule has 0 unspecified atom stereocenters. The maximum Gasteiger partial charge on any atom is 0.224 e. The van der Waals surface area contributed by atoms with E-state index in [1.54, 1.807) is 10.9 Å². The van der Waals surface area contributed by atoms with Crippen LogP contribution in [0.5, 0.6) is 11.5 Å². The predicted octanol–water partition coefficient (Wildman–Crippen LogP) is 4.09. The lowest BCUT2D eigenvalue weighted by Crippen LogP contribution is -2.12. The summed E-state index contributed by atoms with van der Waals surface area (Å²) in [6.45, 7) is 2.02. The number of hydrogen-bond acceptors (Lipinski definition) is 3. The maximum absolute atomic E-state index is 12.0. The van der Waals surface area contributed by atoms with Crippen molar-refractivity contribution >= 4 is 11.6 Å². The predicted molar refractivity (Wildman–Crippen MR) is 97.9 cm³/mol. The molecule has 3 rings (SSSR count). The van der Waals surface area contributed by atoms with Crippen LogP contribution >= 0.6 is 0 Å². The summed E-state index contributed by atoms with van der Waals surface area (Å²) in [6, 6.07) is 15.3. The summed E-state index contributed by atoms with van der Waals surface area (Å²) >= 11 is 0. The molecule has 1 amide bonds. The van der Waals surface area contributed by atoms with E-state index in [0.717, 1.165) is 28.3 Å². The molecule has 0 aliphatic carbocycles. The van der Waals surface area contributed by atoms with Crippen molar-refractivity contribution in [1.29, 1.82) is 0 Å². The summed E-state index contributed by atoms with van der Waals surface area (Å²) in [6.07, 6.45) is 4.80. The standard InChI is InChI=1S/C20H21N3O2/c1-15-4-3-5-19(12-15)25-18-9-7-17(8-10-18)22-20(24)11-6-16-13-21-23(2)14-16/h3-5,7-10,12-14H,6,11H2,1-2H3,(H,22,24). The van der Waals surface area contributed by atoms with E-state index in [-0.39, 0.29) is 5.91 Å². The van der Waals surface area contributed by atoms with Gasteiger partial charge in [0.1, 0.15) is 11.5 Å². The van der Waals surface area contributed by atoms with Crippen LogP contribution < -0.4 is 10.1 Å². The molecular formula is C20H21N3O2. The van der Waals surface area contributed by atoms with Crippen LogP contribution in [0.1, 0.15) is 17.5 Å². The SMILES string of the molecule is Cc1cccc(Oc2ccc(NC(=O)CCc3cnn(C)c3)cc2)c1. The molecule has 0 aliphatic rings. The molecule has 0 saturated carbocycles. The summed E-state index contributed by atoms with van der Waals surface area (Å²) in [7, 11) is 1.87. The zero-order chi connectivity index (χ0) is 17.6. The van der Waals surface area contributed by atoms with E-state index >= 15 is 0 Å². The van der Waals surface area contributed by atoms with E-state index in [1.165, 1.54) is 0 Å². The molecule has 0 fully saturated rings. The largest absolute Gasteiger partial charge is 0.457 e. The number of aryl methyl sites for hydroxylation is 3. The van der Waals surface area contributed by atoms with Crippen molar-refractivity contribution in [3.05, 3.63) is 72.1 Å². The van der Waals surface area contributed by atoms with Crippen LogP contribution in [-0.2, 0) is 18.3 Å². The van der Waals surface area contributed by atoms with Gasteiger partial charge >= 0.3 is 0 Å². The van der Waals surface area contributed by atoms with Crippen molar-refractivity contribution in [2.24, 2.45) is 7.05 Å². The quantitative estimate of drug-likeness (QED) is 0.738. The van der Waals surface area contributed by atoms with Gasteiger partial charge in [-0.2, -0.15) is 5.10 Å². The van der Waals surface area contributed by atoms with Gasteiger partial charge in [0.15, 0.2) is 0 Å². The van der Waals surface area contributed by atoms with Gasteiger partial charge in [0.25, 0.3) is 0 Å². The number of anilines is 1. The summed E-state index contributed by atoms with van der Waals surface area (Å²) in [4.78, 5) is 12.0. The van der Waals surface area contributed by atoms with Gasteiger partial charge in [-0.15, -0.1) is 0 Å².